The summed E-state index contributed by atoms with van der Waals surface area (Å²) in [4.78, 5) is 10.9. The lowest BCUT2D eigenvalue weighted by Gasteiger charge is -2.08. The van der Waals surface area contributed by atoms with E-state index >= 15 is 0 Å². The molecule has 0 atom stereocenters. The van der Waals surface area contributed by atoms with Crippen LogP contribution >= 0.6 is 0 Å². The highest BCUT2D eigenvalue weighted by Gasteiger charge is 2.11. The van der Waals surface area contributed by atoms with E-state index in [1.807, 2.05) is 0 Å². The lowest BCUT2D eigenvalue weighted by Crippen LogP contribution is -2.13. The molecule has 1 amide bonds. The number of nitrogens with two attached hydrogens (primary N) is 1. The molecule has 0 radical (unpaired) electrons. The summed E-state index contributed by atoms with van der Waals surface area (Å²) in [6, 6.07) is 3.81. The van der Waals surface area contributed by atoms with Gasteiger partial charge < -0.3 is 15.2 Å². The largest absolute Gasteiger partial charge is 0.463 e. The van der Waals surface area contributed by atoms with Crippen LogP contribution < -0.4 is 15.2 Å². The van der Waals surface area contributed by atoms with Crippen molar-refractivity contribution >= 4 is 5.91 Å². The summed E-state index contributed by atoms with van der Waals surface area (Å²) in [6.45, 7) is -2.11. The van der Waals surface area contributed by atoms with Crippen molar-refractivity contribution < 1.29 is 23.0 Å². The maximum Gasteiger partial charge on any atom is 0.252 e. The van der Waals surface area contributed by atoms with Crippen LogP contribution in [0.5, 0.6) is 11.5 Å². The van der Waals surface area contributed by atoms with Gasteiger partial charge in [0.25, 0.3) is 5.91 Å². The van der Waals surface area contributed by atoms with E-state index in [4.69, 9.17) is 5.73 Å². The molecule has 0 aliphatic carbocycles. The number of hydrogen-bond donors (Lipinski definition) is 1. The van der Waals surface area contributed by atoms with Crippen LogP contribution in [-0.2, 0) is 0 Å². The smallest absolute Gasteiger partial charge is 0.252 e. The molecule has 15 heavy (non-hydrogen) atoms. The first-order chi connectivity index (χ1) is 7.19. The Morgan fingerprint density at radius 1 is 1.27 bits per heavy atom. The van der Waals surface area contributed by atoms with Crippen molar-refractivity contribution in [1.82, 2.24) is 0 Å². The molecule has 0 aliphatic rings. The van der Waals surface area contributed by atoms with Gasteiger partial charge in [-0.15, -0.1) is 0 Å². The quantitative estimate of drug-likeness (QED) is 0.810. The fourth-order valence-corrected chi connectivity index (χ4v) is 1.04. The van der Waals surface area contributed by atoms with E-state index in [1.54, 1.807) is 0 Å². The van der Waals surface area contributed by atoms with Gasteiger partial charge in [-0.2, -0.15) is 0 Å². The van der Waals surface area contributed by atoms with Gasteiger partial charge in [-0.05, 0) is 18.2 Å². The molecule has 82 valence electrons. The van der Waals surface area contributed by atoms with E-state index in [0.717, 1.165) is 0 Å². The first kappa shape index (κ1) is 11.2. The van der Waals surface area contributed by atoms with Crippen LogP contribution in [0.4, 0.5) is 8.78 Å². The van der Waals surface area contributed by atoms with E-state index in [-0.39, 0.29) is 17.1 Å². The van der Waals surface area contributed by atoms with Gasteiger partial charge in [0, 0.05) is 0 Å². The van der Waals surface area contributed by atoms with Gasteiger partial charge in [-0.25, -0.2) is 8.78 Å². The number of halogens is 2. The Balaban J connectivity index is 3.03. The predicted octanol–water partition coefficient (Wildman–Crippen LogP) is 1.40. The Morgan fingerprint density at radius 3 is 2.47 bits per heavy atom. The number of alkyl halides is 2. The normalized spacial score (nSPS) is 9.73. The Hall–Kier alpha value is -1.85. The van der Waals surface area contributed by atoms with Crippen LogP contribution in [0, 0.1) is 0 Å². The van der Waals surface area contributed by atoms with E-state index in [1.165, 1.54) is 18.2 Å². The van der Waals surface area contributed by atoms with Crippen molar-refractivity contribution in [2.75, 3.05) is 13.7 Å². The van der Waals surface area contributed by atoms with Crippen molar-refractivity contribution in [2.24, 2.45) is 5.73 Å². The van der Waals surface area contributed by atoms with Crippen molar-refractivity contribution in [1.29, 1.82) is 0 Å². The molecule has 0 fully saturated rings. The minimum absolute atomic E-state index is 0.00351. The molecule has 0 heterocycles. The summed E-state index contributed by atoms with van der Waals surface area (Å²) in [6.07, 6.45) is 0. The Kier molecular flexibility index (Phi) is 3.84. The van der Waals surface area contributed by atoms with E-state index in [2.05, 4.69) is 9.47 Å². The molecular formula is C9H9F2NO3. The zero-order valence-corrected chi connectivity index (χ0v) is 7.70. The Bertz CT molecular complexity index is 357. The molecule has 0 unspecified atom stereocenters. The third-order valence-electron chi connectivity index (χ3n) is 1.65. The third-order valence-corrected chi connectivity index (χ3v) is 1.65. The van der Waals surface area contributed by atoms with Crippen molar-refractivity contribution in [3.8, 4) is 11.5 Å². The molecule has 0 saturated carbocycles. The molecular weight excluding hydrogens is 208 g/mol. The van der Waals surface area contributed by atoms with E-state index < -0.39 is 19.6 Å². The average Bonchev–Trinajstić information content (AvgIpc) is 2.21. The zero-order chi connectivity index (χ0) is 11.3. The maximum atomic E-state index is 11.9. The monoisotopic (exact) mass is 217 g/mol. The second-order valence-electron chi connectivity index (χ2n) is 2.53. The van der Waals surface area contributed by atoms with Gasteiger partial charge in [0.2, 0.25) is 13.7 Å². The number of carbonyl (C=O) groups is 1. The summed E-state index contributed by atoms with van der Waals surface area (Å²) in [5.74, 6) is -0.684. The number of primary amides is 1. The summed E-state index contributed by atoms with van der Waals surface area (Å²) < 4.78 is 32.8. The molecule has 2 N–H and O–H groups in total. The molecule has 4 nitrogen and oxygen atoms in total. The zero-order valence-electron chi connectivity index (χ0n) is 7.70. The van der Waals surface area contributed by atoms with Gasteiger partial charge >= 0.3 is 0 Å². The van der Waals surface area contributed by atoms with Crippen LogP contribution in [0.3, 0.4) is 0 Å². The number of ether oxygens (including phenoxy) is 2. The Morgan fingerprint density at radius 2 is 1.93 bits per heavy atom. The highest BCUT2D eigenvalue weighted by Crippen LogP contribution is 2.24. The molecule has 0 aromatic heterocycles. The molecule has 0 saturated heterocycles. The summed E-state index contributed by atoms with van der Waals surface area (Å²) >= 11 is 0. The molecule has 0 spiro atoms. The third kappa shape index (κ3) is 2.80. The summed E-state index contributed by atoms with van der Waals surface area (Å²) in [7, 11) is 0. The predicted molar refractivity (Wildman–Crippen MR) is 48.2 cm³/mol. The molecule has 1 aromatic carbocycles. The second-order valence-corrected chi connectivity index (χ2v) is 2.53. The van der Waals surface area contributed by atoms with E-state index in [0.29, 0.717) is 0 Å². The standard InChI is InChI=1S/C9H9F2NO3/c10-4-14-6-1-2-8(15-5-11)7(3-6)9(12)13/h1-3H,4-5H2,(H2,12,13). The highest BCUT2D eigenvalue weighted by atomic mass is 19.1. The van der Waals surface area contributed by atoms with Gasteiger partial charge in [-0.3, -0.25) is 4.79 Å². The average molecular weight is 217 g/mol. The second kappa shape index (κ2) is 5.14. The summed E-state index contributed by atoms with van der Waals surface area (Å²) in [5, 5.41) is 0. The number of carbonyl (C=O) groups excluding carboxylic acids is 1. The first-order valence-electron chi connectivity index (χ1n) is 4.00. The fourth-order valence-electron chi connectivity index (χ4n) is 1.04. The molecule has 6 heteroatoms. The number of hydrogen-bond acceptors (Lipinski definition) is 3. The maximum absolute atomic E-state index is 11.9. The van der Waals surface area contributed by atoms with Gasteiger partial charge in [0.15, 0.2) is 0 Å². The van der Waals surface area contributed by atoms with Crippen molar-refractivity contribution in [3.05, 3.63) is 23.8 Å². The topological polar surface area (TPSA) is 61.6 Å². The number of rotatable bonds is 5. The molecule has 1 rings (SSSR count). The first-order valence-corrected chi connectivity index (χ1v) is 4.00. The van der Waals surface area contributed by atoms with Crippen molar-refractivity contribution in [2.45, 2.75) is 0 Å². The van der Waals surface area contributed by atoms with Gasteiger partial charge in [0.05, 0.1) is 5.56 Å². The molecule has 1 aromatic rings. The highest BCUT2D eigenvalue weighted by molar-refractivity contribution is 5.96. The van der Waals surface area contributed by atoms with Gasteiger partial charge in [0.1, 0.15) is 11.5 Å². The van der Waals surface area contributed by atoms with Crippen LogP contribution in [0.1, 0.15) is 10.4 Å². The van der Waals surface area contributed by atoms with Crippen molar-refractivity contribution in [3.63, 3.8) is 0 Å². The lowest BCUT2D eigenvalue weighted by atomic mass is 10.2. The van der Waals surface area contributed by atoms with Crippen LogP contribution in [0.2, 0.25) is 0 Å². The van der Waals surface area contributed by atoms with Crippen LogP contribution in [-0.4, -0.2) is 19.6 Å². The molecule has 0 aliphatic heterocycles. The Labute approximate surface area is 84.6 Å². The van der Waals surface area contributed by atoms with Crippen LogP contribution in [0.25, 0.3) is 0 Å². The minimum atomic E-state index is -1.08. The van der Waals surface area contributed by atoms with E-state index in [9.17, 15) is 13.6 Å². The number of benzene rings is 1. The SMILES string of the molecule is NC(=O)c1cc(OCF)ccc1OCF. The van der Waals surface area contributed by atoms with Crippen LogP contribution in [0.15, 0.2) is 18.2 Å². The molecule has 0 bridgehead atoms. The summed E-state index contributed by atoms with van der Waals surface area (Å²) in [5.41, 5.74) is 4.96. The van der Waals surface area contributed by atoms with Gasteiger partial charge in [-0.1, -0.05) is 0 Å². The number of amides is 1. The lowest BCUT2D eigenvalue weighted by molar-refractivity contribution is 0.0991. The minimum Gasteiger partial charge on any atom is -0.463 e. The fraction of sp³-hybridized carbons (Fsp3) is 0.222.